The molecule has 0 aliphatic carbocycles. The molecule has 2 heterocycles. The molecule has 1 unspecified atom stereocenters. The van der Waals surface area contributed by atoms with Crippen molar-refractivity contribution < 1.29 is 32.0 Å². The number of alkyl halides is 3. The fourth-order valence-electron chi connectivity index (χ4n) is 3.32. The number of aromatic nitrogens is 1. The molecule has 1 aliphatic rings. The molecule has 3 rings (SSSR count). The Bertz CT molecular complexity index is 892. The molecule has 1 N–H and O–H groups in total. The number of rotatable bonds is 7. The normalized spacial score (nSPS) is 17.7. The number of halogens is 3. The molecule has 1 saturated heterocycles. The Hall–Kier alpha value is -2.78. The van der Waals surface area contributed by atoms with E-state index >= 15 is 0 Å². The van der Waals surface area contributed by atoms with Gasteiger partial charge in [0, 0.05) is 24.6 Å². The van der Waals surface area contributed by atoms with Crippen LogP contribution < -0.4 is 10.1 Å². The maximum absolute atomic E-state index is 13.1. The third kappa shape index (κ3) is 4.46. The zero-order valence-electron chi connectivity index (χ0n) is 16.1. The van der Waals surface area contributed by atoms with E-state index in [1.807, 2.05) is 6.92 Å². The van der Waals surface area contributed by atoms with Crippen molar-refractivity contribution in [1.82, 2.24) is 15.4 Å². The highest BCUT2D eigenvalue weighted by Crippen LogP contribution is 2.38. The maximum Gasteiger partial charge on any atom is 0.437 e. The van der Waals surface area contributed by atoms with Crippen molar-refractivity contribution in [3.63, 3.8) is 0 Å². The van der Waals surface area contributed by atoms with Gasteiger partial charge in [0.25, 0.3) is 0 Å². The summed E-state index contributed by atoms with van der Waals surface area (Å²) < 4.78 is 49.9. The smallest absolute Gasteiger partial charge is 0.437 e. The maximum atomic E-state index is 13.1. The fraction of sp³-hybridized carbons (Fsp3) is 0.526. The first kappa shape index (κ1) is 20.9. The van der Waals surface area contributed by atoms with Crippen LogP contribution in [0.2, 0.25) is 0 Å². The molecule has 3 amide bonds. The van der Waals surface area contributed by atoms with Gasteiger partial charge in [-0.05, 0) is 31.9 Å². The number of imide groups is 1. The number of carbonyl (C=O) groups is 2. The molecular weight excluding hydrogens is 391 g/mol. The first-order valence-corrected chi connectivity index (χ1v) is 9.44. The van der Waals surface area contributed by atoms with Crippen molar-refractivity contribution in [3.05, 3.63) is 23.4 Å². The second kappa shape index (κ2) is 8.30. The van der Waals surface area contributed by atoms with E-state index < -0.39 is 17.9 Å². The van der Waals surface area contributed by atoms with E-state index in [-0.39, 0.29) is 42.5 Å². The topological polar surface area (TPSA) is 84.7 Å². The highest BCUT2D eigenvalue weighted by molar-refractivity contribution is 5.97. The first-order chi connectivity index (χ1) is 13.7. The summed E-state index contributed by atoms with van der Waals surface area (Å²) in [5.41, 5.74) is -0.467. The molecule has 1 aromatic heterocycles. The summed E-state index contributed by atoms with van der Waals surface area (Å²) in [5.74, 6) is 0.169. The lowest BCUT2D eigenvalue weighted by Crippen LogP contribution is -2.54. The lowest BCUT2D eigenvalue weighted by molar-refractivity contribution is -0.141. The number of nitrogens with one attached hydrogen (secondary N) is 1. The quantitative estimate of drug-likeness (QED) is 0.696. The zero-order valence-corrected chi connectivity index (χ0v) is 16.1. The van der Waals surface area contributed by atoms with E-state index in [0.717, 1.165) is 4.90 Å². The number of benzene rings is 1. The van der Waals surface area contributed by atoms with Gasteiger partial charge in [0.1, 0.15) is 5.75 Å². The van der Waals surface area contributed by atoms with Gasteiger partial charge >= 0.3 is 12.2 Å². The predicted octanol–water partition coefficient (Wildman–Crippen LogP) is 3.90. The van der Waals surface area contributed by atoms with Crippen molar-refractivity contribution in [1.29, 1.82) is 0 Å². The molecule has 0 spiro atoms. The van der Waals surface area contributed by atoms with Crippen LogP contribution in [0, 0.1) is 0 Å². The molecule has 1 fully saturated rings. The summed E-state index contributed by atoms with van der Waals surface area (Å²) in [6, 6.07) is 2.14. The number of carbonyl (C=O) groups excluding carboxylic acids is 2. The zero-order chi connectivity index (χ0) is 21.2. The van der Waals surface area contributed by atoms with Crippen LogP contribution in [0.3, 0.4) is 0 Å². The molecule has 1 atom stereocenters. The van der Waals surface area contributed by atoms with E-state index in [9.17, 15) is 22.8 Å². The van der Waals surface area contributed by atoms with Crippen molar-refractivity contribution in [3.8, 4) is 5.75 Å². The van der Waals surface area contributed by atoms with E-state index in [1.54, 1.807) is 6.92 Å². The summed E-state index contributed by atoms with van der Waals surface area (Å²) in [6.07, 6.45) is -2.82. The summed E-state index contributed by atoms with van der Waals surface area (Å²) in [4.78, 5) is 25.0. The van der Waals surface area contributed by atoms with Gasteiger partial charge in [-0.25, -0.2) is 4.79 Å². The number of urea groups is 1. The molecule has 2 aromatic rings. The van der Waals surface area contributed by atoms with Gasteiger partial charge in [0.05, 0.1) is 12.0 Å². The number of ether oxygens (including phenoxy) is 1. The van der Waals surface area contributed by atoms with Gasteiger partial charge < -0.3 is 14.6 Å². The van der Waals surface area contributed by atoms with Crippen molar-refractivity contribution >= 4 is 22.9 Å². The minimum atomic E-state index is -4.60. The van der Waals surface area contributed by atoms with Crippen LogP contribution in [0.15, 0.2) is 16.7 Å². The molecule has 10 heteroatoms. The van der Waals surface area contributed by atoms with Crippen molar-refractivity contribution in [2.24, 2.45) is 0 Å². The SMILES string of the molecule is CCCc1c(OCCCN2C(=O)CC(C)NC2=O)ccc2c(C(F)(F)F)noc12. The van der Waals surface area contributed by atoms with E-state index in [1.165, 1.54) is 12.1 Å². The average Bonchev–Trinajstić information content (AvgIpc) is 3.06. The Labute approximate surface area is 165 Å². The second-order valence-electron chi connectivity index (χ2n) is 7.00. The minimum absolute atomic E-state index is 0.0660. The van der Waals surface area contributed by atoms with Gasteiger partial charge in [-0.2, -0.15) is 13.2 Å². The number of hydrogen-bond donors (Lipinski definition) is 1. The summed E-state index contributed by atoms with van der Waals surface area (Å²) >= 11 is 0. The van der Waals surface area contributed by atoms with E-state index in [4.69, 9.17) is 9.26 Å². The van der Waals surface area contributed by atoms with E-state index in [2.05, 4.69) is 10.5 Å². The standard InChI is InChI=1S/C19H22F3N3O4/c1-3-5-12-14(7-6-13-16(12)29-24-17(13)19(20,21)22)28-9-4-8-25-15(26)10-11(2)23-18(25)27/h6-7,11H,3-5,8-10H2,1-2H3,(H,23,27). The van der Waals surface area contributed by atoms with Gasteiger partial charge in [0.2, 0.25) is 5.91 Å². The Morgan fingerprint density at radius 1 is 1.34 bits per heavy atom. The van der Waals surface area contributed by atoms with Crippen LogP contribution in [-0.4, -0.2) is 41.2 Å². The Morgan fingerprint density at radius 3 is 2.76 bits per heavy atom. The lowest BCUT2D eigenvalue weighted by atomic mass is 10.0. The molecule has 0 saturated carbocycles. The lowest BCUT2D eigenvalue weighted by Gasteiger charge is -2.29. The second-order valence-corrected chi connectivity index (χ2v) is 7.00. The molecule has 7 nitrogen and oxygen atoms in total. The molecule has 1 aromatic carbocycles. The third-order valence-electron chi connectivity index (χ3n) is 4.65. The minimum Gasteiger partial charge on any atom is -0.493 e. The molecule has 1 aliphatic heterocycles. The number of aryl methyl sites for hydroxylation is 1. The van der Waals surface area contributed by atoms with Crippen LogP contribution in [0.1, 0.15) is 44.4 Å². The molecule has 29 heavy (non-hydrogen) atoms. The van der Waals surface area contributed by atoms with Crippen LogP contribution >= 0.6 is 0 Å². The number of amides is 3. The first-order valence-electron chi connectivity index (χ1n) is 9.44. The number of fused-ring (bicyclic) bond motifs is 1. The van der Waals surface area contributed by atoms with Crippen LogP contribution in [0.4, 0.5) is 18.0 Å². The Kier molecular flexibility index (Phi) is 5.99. The van der Waals surface area contributed by atoms with E-state index in [0.29, 0.717) is 30.6 Å². The molecule has 0 bridgehead atoms. The number of nitrogens with zero attached hydrogens (tertiary/aromatic N) is 2. The Morgan fingerprint density at radius 2 is 2.10 bits per heavy atom. The molecule has 0 radical (unpaired) electrons. The van der Waals surface area contributed by atoms with Gasteiger partial charge in [0.15, 0.2) is 11.3 Å². The van der Waals surface area contributed by atoms with Gasteiger partial charge in [-0.1, -0.05) is 18.5 Å². The Balaban J connectivity index is 1.69. The fourth-order valence-corrected chi connectivity index (χ4v) is 3.32. The molecular formula is C19H22F3N3O4. The third-order valence-corrected chi connectivity index (χ3v) is 4.65. The van der Waals surface area contributed by atoms with Gasteiger partial charge in [-0.3, -0.25) is 9.69 Å². The summed E-state index contributed by atoms with van der Waals surface area (Å²) in [6.45, 7) is 4.04. The summed E-state index contributed by atoms with van der Waals surface area (Å²) in [5, 5.41) is 5.78. The number of hydrogen-bond acceptors (Lipinski definition) is 5. The predicted molar refractivity (Wildman–Crippen MR) is 97.4 cm³/mol. The highest BCUT2D eigenvalue weighted by Gasteiger charge is 2.37. The van der Waals surface area contributed by atoms with Crippen LogP contribution in [0.25, 0.3) is 11.0 Å². The van der Waals surface area contributed by atoms with Gasteiger partial charge in [-0.15, -0.1) is 0 Å². The monoisotopic (exact) mass is 413 g/mol. The van der Waals surface area contributed by atoms with Crippen LogP contribution in [-0.2, 0) is 17.4 Å². The van der Waals surface area contributed by atoms with Crippen LogP contribution in [0.5, 0.6) is 5.75 Å². The van der Waals surface area contributed by atoms with Crippen molar-refractivity contribution in [2.45, 2.75) is 51.7 Å². The summed E-state index contributed by atoms with van der Waals surface area (Å²) in [7, 11) is 0. The molecule has 158 valence electrons. The van der Waals surface area contributed by atoms with Crippen molar-refractivity contribution in [2.75, 3.05) is 13.2 Å². The average molecular weight is 413 g/mol. The largest absolute Gasteiger partial charge is 0.493 e. The highest BCUT2D eigenvalue weighted by atomic mass is 19.4.